The van der Waals surface area contributed by atoms with E-state index in [-0.39, 0.29) is 5.54 Å². The SMILES string of the molecule is CCC1(NS(=O)(=O)c2ccccc2Br)CCCC1. The number of nitrogens with one attached hydrogen (secondary N) is 1. The predicted molar refractivity (Wildman–Crippen MR) is 76.0 cm³/mol. The fourth-order valence-electron chi connectivity index (χ4n) is 2.58. The Labute approximate surface area is 117 Å². The Morgan fingerprint density at radius 1 is 1.28 bits per heavy atom. The molecule has 100 valence electrons. The van der Waals surface area contributed by atoms with Gasteiger partial charge in [-0.2, -0.15) is 0 Å². The smallest absolute Gasteiger partial charge is 0.207 e. The lowest BCUT2D eigenvalue weighted by atomic mass is 9.96. The zero-order chi connectivity index (χ0) is 13.2. The molecule has 0 radical (unpaired) electrons. The molecule has 0 unspecified atom stereocenters. The maximum absolute atomic E-state index is 12.4. The Morgan fingerprint density at radius 2 is 1.89 bits per heavy atom. The van der Waals surface area contributed by atoms with Gasteiger partial charge in [-0.15, -0.1) is 0 Å². The van der Waals surface area contributed by atoms with Gasteiger partial charge in [0.15, 0.2) is 0 Å². The number of rotatable bonds is 4. The average Bonchev–Trinajstić information content (AvgIpc) is 2.78. The second-order valence-corrected chi connectivity index (χ2v) is 7.38. The molecule has 3 nitrogen and oxygen atoms in total. The van der Waals surface area contributed by atoms with Crippen LogP contribution in [-0.2, 0) is 10.0 Å². The van der Waals surface area contributed by atoms with Crippen molar-refractivity contribution in [2.75, 3.05) is 0 Å². The summed E-state index contributed by atoms with van der Waals surface area (Å²) in [7, 11) is -3.44. The van der Waals surface area contributed by atoms with Gasteiger partial charge in [0.1, 0.15) is 0 Å². The Balaban J connectivity index is 2.30. The Kier molecular flexibility index (Phi) is 4.14. The lowest BCUT2D eigenvalue weighted by molar-refractivity contribution is 0.376. The molecule has 0 saturated heterocycles. The molecular formula is C13H18BrNO2S. The van der Waals surface area contributed by atoms with E-state index >= 15 is 0 Å². The first-order valence-electron chi connectivity index (χ1n) is 6.28. The summed E-state index contributed by atoms with van der Waals surface area (Å²) < 4.78 is 28.4. The van der Waals surface area contributed by atoms with Crippen molar-refractivity contribution < 1.29 is 8.42 Å². The summed E-state index contributed by atoms with van der Waals surface area (Å²) in [6.45, 7) is 2.05. The van der Waals surface area contributed by atoms with Crippen LogP contribution in [0.4, 0.5) is 0 Å². The van der Waals surface area contributed by atoms with Crippen LogP contribution < -0.4 is 4.72 Å². The third-order valence-corrected chi connectivity index (χ3v) is 6.31. The topological polar surface area (TPSA) is 46.2 Å². The van der Waals surface area contributed by atoms with Gasteiger partial charge in [-0.25, -0.2) is 13.1 Å². The van der Waals surface area contributed by atoms with Gasteiger partial charge < -0.3 is 0 Å². The summed E-state index contributed by atoms with van der Waals surface area (Å²) in [5, 5.41) is 0. The van der Waals surface area contributed by atoms with Gasteiger partial charge in [-0.3, -0.25) is 0 Å². The molecule has 0 amide bonds. The van der Waals surface area contributed by atoms with Crippen LogP contribution in [0.5, 0.6) is 0 Å². The largest absolute Gasteiger partial charge is 0.242 e. The molecule has 0 spiro atoms. The summed E-state index contributed by atoms with van der Waals surface area (Å²) in [6.07, 6.45) is 4.93. The minimum absolute atomic E-state index is 0.242. The van der Waals surface area contributed by atoms with Crippen LogP contribution in [0.2, 0.25) is 0 Å². The van der Waals surface area contributed by atoms with Gasteiger partial charge in [0.05, 0.1) is 4.90 Å². The molecule has 0 heterocycles. The number of benzene rings is 1. The van der Waals surface area contributed by atoms with Crippen LogP contribution in [0.15, 0.2) is 33.6 Å². The molecule has 0 aliphatic heterocycles. The summed E-state index contributed by atoms with van der Waals surface area (Å²) in [5.74, 6) is 0. The fourth-order valence-corrected chi connectivity index (χ4v) is 5.12. The van der Waals surface area contributed by atoms with E-state index < -0.39 is 10.0 Å². The van der Waals surface area contributed by atoms with E-state index in [2.05, 4.69) is 20.7 Å². The van der Waals surface area contributed by atoms with Crippen molar-refractivity contribution in [1.29, 1.82) is 0 Å². The van der Waals surface area contributed by atoms with E-state index in [0.717, 1.165) is 32.1 Å². The van der Waals surface area contributed by atoms with E-state index in [9.17, 15) is 8.42 Å². The van der Waals surface area contributed by atoms with E-state index in [1.54, 1.807) is 18.2 Å². The van der Waals surface area contributed by atoms with Crippen LogP contribution in [0.25, 0.3) is 0 Å². The number of halogens is 1. The molecule has 1 aliphatic rings. The molecule has 1 N–H and O–H groups in total. The van der Waals surface area contributed by atoms with Crippen molar-refractivity contribution >= 4 is 26.0 Å². The first kappa shape index (κ1) is 14.0. The van der Waals surface area contributed by atoms with E-state index in [0.29, 0.717) is 9.37 Å². The maximum Gasteiger partial charge on any atom is 0.242 e. The first-order valence-corrected chi connectivity index (χ1v) is 8.55. The maximum atomic E-state index is 12.4. The molecule has 1 saturated carbocycles. The predicted octanol–water partition coefficient (Wildman–Crippen LogP) is 3.45. The summed E-state index contributed by atoms with van der Waals surface area (Å²) in [5.41, 5.74) is -0.242. The second-order valence-electron chi connectivity index (χ2n) is 4.88. The van der Waals surface area contributed by atoms with Gasteiger partial charge in [0.25, 0.3) is 0 Å². The molecule has 0 bridgehead atoms. The lowest BCUT2D eigenvalue weighted by Crippen LogP contribution is -2.45. The van der Waals surface area contributed by atoms with E-state index in [1.807, 2.05) is 13.0 Å². The quantitative estimate of drug-likeness (QED) is 0.918. The highest BCUT2D eigenvalue weighted by Gasteiger charge is 2.36. The Hall–Kier alpha value is -0.390. The van der Waals surface area contributed by atoms with Gasteiger partial charge in [-0.1, -0.05) is 31.9 Å². The van der Waals surface area contributed by atoms with Crippen molar-refractivity contribution in [2.24, 2.45) is 0 Å². The Morgan fingerprint density at radius 3 is 2.44 bits per heavy atom. The highest BCUT2D eigenvalue weighted by Crippen LogP contribution is 2.34. The molecule has 1 fully saturated rings. The van der Waals surface area contributed by atoms with Crippen LogP contribution >= 0.6 is 15.9 Å². The summed E-state index contributed by atoms with van der Waals surface area (Å²) in [6, 6.07) is 6.94. The highest BCUT2D eigenvalue weighted by atomic mass is 79.9. The molecule has 18 heavy (non-hydrogen) atoms. The normalized spacial score (nSPS) is 19.0. The van der Waals surface area contributed by atoms with Crippen molar-refractivity contribution in [1.82, 2.24) is 4.72 Å². The van der Waals surface area contributed by atoms with Crippen LogP contribution in [0.1, 0.15) is 39.0 Å². The zero-order valence-electron chi connectivity index (χ0n) is 10.4. The molecule has 0 atom stereocenters. The zero-order valence-corrected chi connectivity index (χ0v) is 12.9. The summed E-state index contributed by atoms with van der Waals surface area (Å²) >= 11 is 3.30. The third-order valence-electron chi connectivity index (χ3n) is 3.71. The van der Waals surface area contributed by atoms with Gasteiger partial charge >= 0.3 is 0 Å². The lowest BCUT2D eigenvalue weighted by Gasteiger charge is -2.28. The van der Waals surface area contributed by atoms with Crippen molar-refractivity contribution in [3.8, 4) is 0 Å². The molecule has 1 aromatic rings. The minimum atomic E-state index is -3.44. The minimum Gasteiger partial charge on any atom is -0.207 e. The number of sulfonamides is 1. The molecular weight excluding hydrogens is 314 g/mol. The average molecular weight is 332 g/mol. The molecule has 0 aromatic heterocycles. The van der Waals surface area contributed by atoms with Crippen molar-refractivity contribution in [2.45, 2.75) is 49.5 Å². The second kappa shape index (κ2) is 5.31. The monoisotopic (exact) mass is 331 g/mol. The fraction of sp³-hybridized carbons (Fsp3) is 0.538. The van der Waals surface area contributed by atoms with Crippen LogP contribution in [0, 0.1) is 0 Å². The third kappa shape index (κ3) is 2.78. The molecule has 1 aliphatic carbocycles. The van der Waals surface area contributed by atoms with Crippen LogP contribution in [-0.4, -0.2) is 14.0 Å². The molecule has 5 heteroatoms. The van der Waals surface area contributed by atoms with E-state index in [1.165, 1.54) is 0 Å². The molecule has 1 aromatic carbocycles. The number of hydrogen-bond donors (Lipinski definition) is 1. The van der Waals surface area contributed by atoms with Crippen molar-refractivity contribution in [3.63, 3.8) is 0 Å². The van der Waals surface area contributed by atoms with Gasteiger partial charge in [-0.05, 0) is 47.3 Å². The highest BCUT2D eigenvalue weighted by molar-refractivity contribution is 9.10. The molecule has 2 rings (SSSR count). The van der Waals surface area contributed by atoms with Crippen LogP contribution in [0.3, 0.4) is 0 Å². The van der Waals surface area contributed by atoms with Crippen molar-refractivity contribution in [3.05, 3.63) is 28.7 Å². The van der Waals surface area contributed by atoms with Gasteiger partial charge in [0.2, 0.25) is 10.0 Å². The first-order chi connectivity index (χ1) is 8.49. The number of hydrogen-bond acceptors (Lipinski definition) is 2. The van der Waals surface area contributed by atoms with Gasteiger partial charge in [0, 0.05) is 10.0 Å². The standard InChI is InChI=1S/C13H18BrNO2S/c1-2-13(9-5-6-10-13)15-18(16,17)12-8-4-3-7-11(12)14/h3-4,7-8,15H,2,5-6,9-10H2,1H3. The summed E-state index contributed by atoms with van der Waals surface area (Å²) in [4.78, 5) is 0.324. The van der Waals surface area contributed by atoms with E-state index in [4.69, 9.17) is 0 Å². The Bertz CT molecular complexity index is 522.